The van der Waals surface area contributed by atoms with Crippen molar-refractivity contribution < 1.29 is 14.3 Å². The van der Waals surface area contributed by atoms with Gasteiger partial charge in [-0.1, -0.05) is 12.1 Å². The van der Waals surface area contributed by atoms with E-state index in [1.165, 1.54) is 15.6 Å². The molecule has 0 bridgehead atoms. The Hall–Kier alpha value is -3.20. The van der Waals surface area contributed by atoms with Gasteiger partial charge in [-0.25, -0.2) is 14.5 Å². The number of aryl methyl sites for hydroxylation is 1. The summed E-state index contributed by atoms with van der Waals surface area (Å²) in [4.78, 5) is 29.2. The number of methoxy groups -OCH3 is 1. The smallest absolute Gasteiger partial charge is 0.331 e. The molecule has 0 amide bonds. The summed E-state index contributed by atoms with van der Waals surface area (Å²) in [5, 5.41) is 6.30. The van der Waals surface area contributed by atoms with E-state index in [4.69, 9.17) is 9.47 Å². The lowest BCUT2D eigenvalue weighted by atomic mass is 10.1. The third kappa shape index (κ3) is 3.24. The van der Waals surface area contributed by atoms with E-state index in [0.29, 0.717) is 27.1 Å². The average Bonchev–Trinajstić information content (AvgIpc) is 2.97. The predicted molar refractivity (Wildman–Crippen MR) is 107 cm³/mol. The van der Waals surface area contributed by atoms with Crippen LogP contribution < -0.4 is 15.0 Å². The van der Waals surface area contributed by atoms with Crippen LogP contribution in [0.2, 0.25) is 0 Å². The Bertz CT molecular complexity index is 1280. The fourth-order valence-electron chi connectivity index (χ4n) is 2.94. The third-order valence-electron chi connectivity index (χ3n) is 4.32. The fraction of sp³-hybridized carbons (Fsp3) is 0.158. The predicted octanol–water partition coefficient (Wildman–Crippen LogP) is 2.66. The van der Waals surface area contributed by atoms with E-state index >= 15 is 0 Å². The summed E-state index contributed by atoms with van der Waals surface area (Å²) in [6.07, 6.45) is 1.31. The Balaban J connectivity index is 1.58. The molecule has 0 aliphatic rings. The first kappa shape index (κ1) is 18.2. The van der Waals surface area contributed by atoms with Crippen molar-refractivity contribution in [3.05, 3.63) is 57.7 Å². The number of carbonyl (C=O) groups excluding carboxylic acids is 1. The second-order valence-electron chi connectivity index (χ2n) is 6.14. The number of hydrogen-bond donors (Lipinski definition) is 0. The quantitative estimate of drug-likeness (QED) is 0.356. The number of nitrogens with zero attached hydrogens (tertiary/aromatic N) is 4. The van der Waals surface area contributed by atoms with Crippen molar-refractivity contribution in [1.82, 2.24) is 19.3 Å². The van der Waals surface area contributed by atoms with Crippen molar-refractivity contribution in [3.63, 3.8) is 0 Å². The molecule has 0 atom stereocenters. The van der Waals surface area contributed by atoms with Crippen molar-refractivity contribution in [1.29, 1.82) is 0 Å². The van der Waals surface area contributed by atoms with Gasteiger partial charge in [0.15, 0.2) is 5.65 Å². The van der Waals surface area contributed by atoms with Gasteiger partial charge in [-0.05, 0) is 51.0 Å². The van der Waals surface area contributed by atoms with Gasteiger partial charge in [0, 0.05) is 7.05 Å². The van der Waals surface area contributed by atoms with Gasteiger partial charge in [-0.3, -0.25) is 9.36 Å². The zero-order valence-electron chi connectivity index (χ0n) is 15.0. The van der Waals surface area contributed by atoms with E-state index in [1.54, 1.807) is 26.3 Å². The molecule has 0 unspecified atom stereocenters. The molecular formula is C19H15BrN4O4. The Kier molecular flexibility index (Phi) is 4.60. The maximum absolute atomic E-state index is 12.6. The summed E-state index contributed by atoms with van der Waals surface area (Å²) < 4.78 is 13.7. The number of rotatable bonds is 4. The molecule has 4 aromatic rings. The van der Waals surface area contributed by atoms with Crippen molar-refractivity contribution >= 4 is 43.7 Å². The van der Waals surface area contributed by atoms with Gasteiger partial charge in [0.25, 0.3) is 5.56 Å². The molecule has 0 radical (unpaired) electrons. The number of ether oxygens (including phenoxy) is 2. The Morgan fingerprint density at radius 1 is 1.14 bits per heavy atom. The first-order chi connectivity index (χ1) is 13.5. The summed E-state index contributed by atoms with van der Waals surface area (Å²) in [5.74, 6) is 0.518. The average molecular weight is 443 g/mol. The summed E-state index contributed by atoms with van der Waals surface area (Å²) in [6, 6.07) is 10.9. The molecule has 2 aromatic heterocycles. The number of fused-ring (bicyclic) bond motifs is 2. The van der Waals surface area contributed by atoms with Crippen molar-refractivity contribution in [3.8, 4) is 11.5 Å². The molecule has 0 aliphatic carbocycles. The van der Waals surface area contributed by atoms with Crippen LogP contribution in [-0.4, -0.2) is 32.4 Å². The lowest BCUT2D eigenvalue weighted by Gasteiger charge is -2.08. The van der Waals surface area contributed by atoms with Crippen LogP contribution in [0.4, 0.5) is 0 Å². The van der Waals surface area contributed by atoms with Crippen LogP contribution in [0, 0.1) is 0 Å². The molecule has 0 aliphatic heterocycles. The van der Waals surface area contributed by atoms with Crippen LogP contribution in [-0.2, 0) is 18.4 Å². The molecule has 4 rings (SSSR count). The topological polar surface area (TPSA) is 88.2 Å². The number of carbonyl (C=O) groups is 1. The summed E-state index contributed by atoms with van der Waals surface area (Å²) in [5.41, 5.74) is 0.0649. The van der Waals surface area contributed by atoms with Gasteiger partial charge in [0.1, 0.15) is 34.4 Å². The highest BCUT2D eigenvalue weighted by atomic mass is 79.9. The van der Waals surface area contributed by atoms with Gasteiger partial charge < -0.3 is 9.47 Å². The number of esters is 1. The van der Waals surface area contributed by atoms with E-state index in [0.717, 1.165) is 10.8 Å². The van der Waals surface area contributed by atoms with Crippen LogP contribution in [0.15, 0.2) is 52.1 Å². The van der Waals surface area contributed by atoms with Crippen molar-refractivity contribution in [2.75, 3.05) is 7.11 Å². The van der Waals surface area contributed by atoms with Crippen LogP contribution in [0.5, 0.6) is 11.5 Å². The highest BCUT2D eigenvalue weighted by Crippen LogP contribution is 2.25. The van der Waals surface area contributed by atoms with E-state index in [-0.39, 0.29) is 12.1 Å². The lowest BCUT2D eigenvalue weighted by molar-refractivity contribution is -0.135. The number of halogens is 1. The minimum Gasteiger partial charge on any atom is -0.497 e. The molecule has 0 saturated carbocycles. The highest BCUT2D eigenvalue weighted by molar-refractivity contribution is 9.10. The van der Waals surface area contributed by atoms with Gasteiger partial charge in [-0.2, -0.15) is 5.10 Å². The Labute approximate surface area is 167 Å². The van der Waals surface area contributed by atoms with Gasteiger partial charge >= 0.3 is 5.97 Å². The molecule has 28 heavy (non-hydrogen) atoms. The molecule has 0 N–H and O–H groups in total. The fourth-order valence-corrected chi connectivity index (χ4v) is 3.53. The largest absolute Gasteiger partial charge is 0.497 e. The molecule has 9 heteroatoms. The lowest BCUT2D eigenvalue weighted by Crippen LogP contribution is -2.27. The van der Waals surface area contributed by atoms with E-state index in [1.807, 2.05) is 24.3 Å². The van der Waals surface area contributed by atoms with Gasteiger partial charge in [0.05, 0.1) is 7.11 Å². The summed E-state index contributed by atoms with van der Waals surface area (Å²) in [6.45, 7) is -0.265. The summed E-state index contributed by atoms with van der Waals surface area (Å²) in [7, 11) is 3.28. The van der Waals surface area contributed by atoms with Crippen LogP contribution in [0.25, 0.3) is 21.8 Å². The van der Waals surface area contributed by atoms with Crippen LogP contribution >= 0.6 is 15.9 Å². The van der Waals surface area contributed by atoms with Crippen LogP contribution in [0.3, 0.4) is 0 Å². The Morgan fingerprint density at radius 3 is 2.61 bits per heavy atom. The van der Waals surface area contributed by atoms with Gasteiger partial charge in [-0.15, -0.1) is 0 Å². The van der Waals surface area contributed by atoms with Crippen molar-refractivity contribution in [2.45, 2.75) is 6.54 Å². The third-order valence-corrected chi connectivity index (χ3v) is 4.87. The second kappa shape index (κ2) is 7.08. The molecule has 2 heterocycles. The van der Waals surface area contributed by atoms with E-state index in [2.05, 4.69) is 26.0 Å². The molecule has 0 spiro atoms. The molecule has 2 aromatic carbocycles. The number of hydrogen-bond acceptors (Lipinski definition) is 6. The van der Waals surface area contributed by atoms with E-state index in [9.17, 15) is 9.59 Å². The van der Waals surface area contributed by atoms with Gasteiger partial charge in [0.2, 0.25) is 0 Å². The molecule has 0 fully saturated rings. The second-order valence-corrected chi connectivity index (χ2v) is 6.89. The monoisotopic (exact) mass is 442 g/mol. The number of benzene rings is 2. The van der Waals surface area contributed by atoms with Crippen LogP contribution in [0.1, 0.15) is 0 Å². The Morgan fingerprint density at radius 2 is 1.86 bits per heavy atom. The first-order valence-electron chi connectivity index (χ1n) is 8.32. The minimum atomic E-state index is -0.578. The zero-order chi connectivity index (χ0) is 19.8. The summed E-state index contributed by atoms with van der Waals surface area (Å²) >= 11 is 3.25. The molecule has 8 nitrogen and oxygen atoms in total. The maximum atomic E-state index is 12.6. The van der Waals surface area contributed by atoms with Crippen molar-refractivity contribution in [2.24, 2.45) is 7.05 Å². The zero-order valence-corrected chi connectivity index (χ0v) is 16.6. The molecule has 142 valence electrons. The molecular weight excluding hydrogens is 428 g/mol. The maximum Gasteiger partial charge on any atom is 0.331 e. The van der Waals surface area contributed by atoms with E-state index < -0.39 is 5.97 Å². The first-order valence-corrected chi connectivity index (χ1v) is 9.11. The SMILES string of the molecule is COc1ccc2ccc(OC(=O)Cn3cnc4c(c(Br)nn4C)c3=O)cc2c1. The minimum absolute atomic E-state index is 0.265. The molecule has 0 saturated heterocycles. The standard InChI is InChI=1S/C19H15BrN4O4/c1-23-18-16(17(20)22-23)19(26)24(10-21-18)9-15(25)28-14-6-4-11-3-5-13(27-2)7-12(11)8-14/h3-8,10H,9H2,1-2H3. The number of aromatic nitrogens is 4. The highest BCUT2D eigenvalue weighted by Gasteiger charge is 2.16. The normalized spacial score (nSPS) is 11.1.